The third-order valence-corrected chi connectivity index (χ3v) is 3.23. The van der Waals surface area contributed by atoms with Crippen LogP contribution in [0.15, 0.2) is 30.6 Å². The van der Waals surface area contributed by atoms with Crippen LogP contribution in [0.2, 0.25) is 0 Å². The Kier molecular flexibility index (Phi) is 2.84. The number of benzene rings is 1. The van der Waals surface area contributed by atoms with Crippen LogP contribution >= 0.6 is 0 Å². The average molecular weight is 241 g/mol. The standard InChI is InChI=1S/C14H15N3O/c1-18-11-7-5-10(6-8-11)17-14-12-3-2-4-13(12)15-9-16-14/h5-9H,2-4H2,1H3,(H,15,16,17). The largest absolute Gasteiger partial charge is 0.497 e. The van der Waals surface area contributed by atoms with E-state index in [0.717, 1.165) is 30.1 Å². The van der Waals surface area contributed by atoms with Crippen molar-refractivity contribution in [3.8, 4) is 5.75 Å². The van der Waals surface area contributed by atoms with Crippen molar-refractivity contribution in [2.45, 2.75) is 19.3 Å². The van der Waals surface area contributed by atoms with Gasteiger partial charge < -0.3 is 10.1 Å². The van der Waals surface area contributed by atoms with E-state index in [1.807, 2.05) is 24.3 Å². The molecule has 1 aromatic heterocycles. The van der Waals surface area contributed by atoms with E-state index < -0.39 is 0 Å². The molecule has 4 nitrogen and oxygen atoms in total. The summed E-state index contributed by atoms with van der Waals surface area (Å²) < 4.78 is 5.14. The lowest BCUT2D eigenvalue weighted by molar-refractivity contribution is 0.415. The number of hydrogen-bond donors (Lipinski definition) is 1. The highest BCUT2D eigenvalue weighted by Crippen LogP contribution is 2.27. The van der Waals surface area contributed by atoms with Crippen LogP contribution in [-0.4, -0.2) is 17.1 Å². The van der Waals surface area contributed by atoms with Gasteiger partial charge >= 0.3 is 0 Å². The molecule has 0 amide bonds. The molecule has 0 saturated carbocycles. The third-order valence-electron chi connectivity index (χ3n) is 3.23. The summed E-state index contributed by atoms with van der Waals surface area (Å²) in [6.45, 7) is 0. The number of ether oxygens (including phenoxy) is 1. The summed E-state index contributed by atoms with van der Waals surface area (Å²) in [6.07, 6.45) is 4.94. The number of anilines is 2. The van der Waals surface area contributed by atoms with Crippen LogP contribution < -0.4 is 10.1 Å². The minimum atomic E-state index is 0.855. The summed E-state index contributed by atoms with van der Waals surface area (Å²) in [5.41, 5.74) is 3.46. The quantitative estimate of drug-likeness (QED) is 0.897. The Morgan fingerprint density at radius 1 is 1.11 bits per heavy atom. The van der Waals surface area contributed by atoms with E-state index in [2.05, 4.69) is 15.3 Å². The van der Waals surface area contributed by atoms with E-state index in [1.54, 1.807) is 13.4 Å². The van der Waals surface area contributed by atoms with Gasteiger partial charge in [0.1, 0.15) is 17.9 Å². The third kappa shape index (κ3) is 2.01. The second kappa shape index (κ2) is 4.64. The molecule has 0 unspecified atom stereocenters. The normalized spacial score (nSPS) is 13.2. The number of nitrogens with one attached hydrogen (secondary N) is 1. The Morgan fingerprint density at radius 3 is 2.72 bits per heavy atom. The first kappa shape index (κ1) is 11.0. The molecule has 3 rings (SSSR count). The minimum Gasteiger partial charge on any atom is -0.497 e. The molecule has 0 atom stereocenters. The molecule has 0 fully saturated rings. The first-order valence-corrected chi connectivity index (χ1v) is 6.10. The molecule has 18 heavy (non-hydrogen) atoms. The fraction of sp³-hybridized carbons (Fsp3) is 0.286. The second-order valence-electron chi connectivity index (χ2n) is 4.35. The van der Waals surface area contributed by atoms with Crippen LogP contribution in [0.1, 0.15) is 17.7 Å². The molecule has 0 aliphatic heterocycles. The Morgan fingerprint density at radius 2 is 1.94 bits per heavy atom. The Hall–Kier alpha value is -2.10. The summed E-state index contributed by atoms with van der Waals surface area (Å²) >= 11 is 0. The molecule has 2 aromatic rings. The molecule has 1 aliphatic rings. The van der Waals surface area contributed by atoms with E-state index in [4.69, 9.17) is 4.74 Å². The maximum absolute atomic E-state index is 5.14. The van der Waals surface area contributed by atoms with Crippen LogP contribution in [0.25, 0.3) is 0 Å². The molecule has 92 valence electrons. The number of nitrogens with zero attached hydrogens (tertiary/aromatic N) is 2. The van der Waals surface area contributed by atoms with Crippen LogP contribution in [0.3, 0.4) is 0 Å². The highest BCUT2D eigenvalue weighted by molar-refractivity contribution is 5.61. The van der Waals surface area contributed by atoms with E-state index in [-0.39, 0.29) is 0 Å². The maximum atomic E-state index is 5.14. The lowest BCUT2D eigenvalue weighted by atomic mass is 10.2. The molecule has 0 bridgehead atoms. The van der Waals surface area contributed by atoms with Gasteiger partial charge in [-0.15, -0.1) is 0 Å². The van der Waals surface area contributed by atoms with Crippen molar-refractivity contribution in [2.24, 2.45) is 0 Å². The number of methoxy groups -OCH3 is 1. The molecular weight excluding hydrogens is 226 g/mol. The Bertz CT molecular complexity index is 551. The molecule has 1 aliphatic carbocycles. The zero-order chi connectivity index (χ0) is 12.4. The first-order valence-electron chi connectivity index (χ1n) is 6.10. The highest BCUT2D eigenvalue weighted by Gasteiger charge is 2.16. The predicted octanol–water partition coefficient (Wildman–Crippen LogP) is 2.72. The second-order valence-corrected chi connectivity index (χ2v) is 4.35. The fourth-order valence-corrected chi connectivity index (χ4v) is 2.28. The number of rotatable bonds is 3. The van der Waals surface area contributed by atoms with Gasteiger partial charge in [-0.1, -0.05) is 0 Å². The van der Waals surface area contributed by atoms with Crippen molar-refractivity contribution in [1.82, 2.24) is 9.97 Å². The molecule has 1 heterocycles. The van der Waals surface area contributed by atoms with Crippen molar-refractivity contribution in [3.63, 3.8) is 0 Å². The molecule has 1 N–H and O–H groups in total. The van der Waals surface area contributed by atoms with E-state index in [0.29, 0.717) is 0 Å². The lowest BCUT2D eigenvalue weighted by Crippen LogP contribution is -2.00. The number of aryl methyl sites for hydroxylation is 1. The summed E-state index contributed by atoms with van der Waals surface area (Å²) in [5, 5.41) is 3.35. The fourth-order valence-electron chi connectivity index (χ4n) is 2.28. The Balaban J connectivity index is 1.86. The predicted molar refractivity (Wildman–Crippen MR) is 70.3 cm³/mol. The van der Waals surface area contributed by atoms with E-state index in [1.165, 1.54) is 17.7 Å². The van der Waals surface area contributed by atoms with Gasteiger partial charge in [-0.3, -0.25) is 0 Å². The minimum absolute atomic E-state index is 0.855. The van der Waals surface area contributed by atoms with E-state index >= 15 is 0 Å². The molecule has 0 radical (unpaired) electrons. The highest BCUT2D eigenvalue weighted by atomic mass is 16.5. The van der Waals surface area contributed by atoms with Gasteiger partial charge in [-0.25, -0.2) is 9.97 Å². The van der Waals surface area contributed by atoms with Gasteiger partial charge in [0, 0.05) is 16.9 Å². The zero-order valence-corrected chi connectivity index (χ0v) is 10.3. The van der Waals surface area contributed by atoms with Crippen molar-refractivity contribution in [3.05, 3.63) is 41.9 Å². The van der Waals surface area contributed by atoms with Crippen LogP contribution in [0.4, 0.5) is 11.5 Å². The van der Waals surface area contributed by atoms with E-state index in [9.17, 15) is 0 Å². The summed E-state index contributed by atoms with van der Waals surface area (Å²) in [4.78, 5) is 8.65. The summed E-state index contributed by atoms with van der Waals surface area (Å²) in [5.74, 6) is 1.79. The summed E-state index contributed by atoms with van der Waals surface area (Å²) in [6, 6.07) is 7.85. The number of aromatic nitrogens is 2. The molecule has 0 spiro atoms. The molecular formula is C14H15N3O. The SMILES string of the molecule is COc1ccc(Nc2ncnc3c2CCC3)cc1. The molecule has 1 aromatic carbocycles. The smallest absolute Gasteiger partial charge is 0.137 e. The maximum Gasteiger partial charge on any atom is 0.137 e. The van der Waals surface area contributed by atoms with Crippen molar-refractivity contribution in [1.29, 1.82) is 0 Å². The molecule has 4 heteroatoms. The van der Waals surface area contributed by atoms with Crippen molar-refractivity contribution in [2.75, 3.05) is 12.4 Å². The van der Waals surface area contributed by atoms with Gasteiger partial charge in [0.05, 0.1) is 7.11 Å². The van der Waals surface area contributed by atoms with Gasteiger partial charge in [-0.05, 0) is 43.5 Å². The van der Waals surface area contributed by atoms with Gasteiger partial charge in [0.25, 0.3) is 0 Å². The van der Waals surface area contributed by atoms with Crippen molar-refractivity contribution >= 4 is 11.5 Å². The number of hydrogen-bond acceptors (Lipinski definition) is 4. The zero-order valence-electron chi connectivity index (χ0n) is 10.3. The topological polar surface area (TPSA) is 47.0 Å². The average Bonchev–Trinajstić information content (AvgIpc) is 2.89. The van der Waals surface area contributed by atoms with Crippen LogP contribution in [0.5, 0.6) is 5.75 Å². The molecule has 0 saturated heterocycles. The van der Waals surface area contributed by atoms with Gasteiger partial charge in [0.15, 0.2) is 0 Å². The van der Waals surface area contributed by atoms with Crippen LogP contribution in [0, 0.1) is 0 Å². The lowest BCUT2D eigenvalue weighted by Gasteiger charge is -2.09. The van der Waals surface area contributed by atoms with Gasteiger partial charge in [-0.2, -0.15) is 0 Å². The first-order chi connectivity index (χ1) is 8.86. The number of fused-ring (bicyclic) bond motifs is 1. The Labute approximate surface area is 106 Å². The van der Waals surface area contributed by atoms with Gasteiger partial charge in [0.2, 0.25) is 0 Å². The monoisotopic (exact) mass is 241 g/mol. The van der Waals surface area contributed by atoms with Crippen LogP contribution in [-0.2, 0) is 12.8 Å². The van der Waals surface area contributed by atoms with Crippen molar-refractivity contribution < 1.29 is 4.74 Å². The summed E-state index contributed by atoms with van der Waals surface area (Å²) in [7, 11) is 1.67.